The molecule has 0 atom stereocenters. The summed E-state index contributed by atoms with van der Waals surface area (Å²) in [5.41, 5.74) is 1.20. The Balaban J connectivity index is 1.67. The van der Waals surface area contributed by atoms with Crippen molar-refractivity contribution in [3.63, 3.8) is 0 Å². The molecule has 1 aliphatic heterocycles. The molecule has 0 bridgehead atoms. The highest BCUT2D eigenvalue weighted by molar-refractivity contribution is 6.00. The molecule has 0 aliphatic carbocycles. The second-order valence-corrected chi connectivity index (χ2v) is 6.62. The summed E-state index contributed by atoms with van der Waals surface area (Å²) in [6, 6.07) is 6.78. The second-order valence-electron chi connectivity index (χ2n) is 6.62. The van der Waals surface area contributed by atoms with Gasteiger partial charge < -0.3 is 9.32 Å². The number of benzene rings is 2. The molecule has 5 rings (SSSR count). The Morgan fingerprint density at radius 1 is 0.889 bits per heavy atom. The van der Waals surface area contributed by atoms with Gasteiger partial charge in [-0.2, -0.15) is 0 Å². The first-order valence-electron chi connectivity index (χ1n) is 8.69. The molecule has 27 heavy (non-hydrogen) atoms. The van der Waals surface area contributed by atoms with Crippen LogP contribution in [-0.2, 0) is 0 Å². The zero-order valence-electron chi connectivity index (χ0n) is 14.2. The van der Waals surface area contributed by atoms with Gasteiger partial charge in [-0.05, 0) is 37.1 Å². The van der Waals surface area contributed by atoms with Crippen LogP contribution in [-0.4, -0.2) is 23.1 Å². The fraction of sp³-hybridized carbons (Fsp3) is 0.200. The van der Waals surface area contributed by atoms with Crippen molar-refractivity contribution in [1.29, 1.82) is 0 Å². The highest BCUT2D eigenvalue weighted by atomic mass is 19.1. The van der Waals surface area contributed by atoms with E-state index < -0.39 is 17.5 Å². The molecule has 0 saturated carbocycles. The summed E-state index contributed by atoms with van der Waals surface area (Å²) in [6.45, 7) is 1.28. The number of hydrogen-bond acceptors (Lipinski definition) is 4. The first kappa shape index (κ1) is 16.1. The van der Waals surface area contributed by atoms with Gasteiger partial charge in [0, 0.05) is 24.7 Å². The van der Waals surface area contributed by atoms with Gasteiger partial charge in [0.05, 0.1) is 10.9 Å². The maximum absolute atomic E-state index is 14.6. The number of rotatable bonds is 2. The first-order valence-corrected chi connectivity index (χ1v) is 8.69. The SMILES string of the molecule is Fc1cc(-c2ccc3c(F)cc4ncnc4c3o2)cc(F)c1N1CCCC1. The predicted octanol–water partition coefficient (Wildman–Crippen LogP) is 5.06. The van der Waals surface area contributed by atoms with Gasteiger partial charge in [-0.3, -0.25) is 0 Å². The predicted molar refractivity (Wildman–Crippen MR) is 96.1 cm³/mol. The van der Waals surface area contributed by atoms with Gasteiger partial charge in [-0.15, -0.1) is 0 Å². The van der Waals surface area contributed by atoms with Crippen molar-refractivity contribution in [1.82, 2.24) is 9.97 Å². The molecule has 4 nitrogen and oxygen atoms in total. The second kappa shape index (κ2) is 5.97. The lowest BCUT2D eigenvalue weighted by atomic mass is 10.1. The van der Waals surface area contributed by atoms with Crippen LogP contribution in [0.5, 0.6) is 0 Å². The maximum Gasteiger partial charge on any atom is 0.165 e. The fourth-order valence-electron chi connectivity index (χ4n) is 3.66. The molecule has 0 amide bonds. The number of fused-ring (bicyclic) bond motifs is 3. The van der Waals surface area contributed by atoms with E-state index in [-0.39, 0.29) is 28.0 Å². The Labute approximate surface area is 152 Å². The van der Waals surface area contributed by atoms with Crippen LogP contribution >= 0.6 is 0 Å². The molecule has 3 heterocycles. The normalized spacial score (nSPS) is 14.6. The molecule has 0 spiro atoms. The molecule has 2 aromatic carbocycles. The van der Waals surface area contributed by atoms with Gasteiger partial charge in [0.15, 0.2) is 5.58 Å². The lowest BCUT2D eigenvalue weighted by molar-refractivity contribution is 0.573. The third-order valence-electron chi connectivity index (χ3n) is 4.94. The molecule has 0 unspecified atom stereocenters. The monoisotopic (exact) mass is 369 g/mol. The van der Waals surface area contributed by atoms with Crippen LogP contribution in [0, 0.1) is 17.5 Å². The highest BCUT2D eigenvalue weighted by Gasteiger charge is 2.22. The molecule has 1 fully saturated rings. The third kappa shape index (κ3) is 2.53. The lowest BCUT2D eigenvalue weighted by Crippen LogP contribution is -2.20. The van der Waals surface area contributed by atoms with Crippen LogP contribution < -0.4 is 4.90 Å². The molecule has 0 radical (unpaired) electrons. The van der Waals surface area contributed by atoms with Crippen molar-refractivity contribution in [3.05, 3.63) is 54.1 Å². The third-order valence-corrected chi connectivity index (χ3v) is 4.94. The molecular weight excluding hydrogens is 355 g/mol. The van der Waals surface area contributed by atoms with E-state index in [0.29, 0.717) is 24.1 Å². The summed E-state index contributed by atoms with van der Waals surface area (Å²) < 4.78 is 49.3. The number of hydrogen-bond donors (Lipinski definition) is 0. The van der Waals surface area contributed by atoms with Crippen molar-refractivity contribution in [2.24, 2.45) is 0 Å². The van der Waals surface area contributed by atoms with Crippen LogP contribution in [0.2, 0.25) is 0 Å². The highest BCUT2D eigenvalue weighted by Crippen LogP contribution is 2.34. The molecular formula is C20H14F3N3O. The first-order chi connectivity index (χ1) is 13.1. The molecule has 136 valence electrons. The van der Waals surface area contributed by atoms with E-state index in [9.17, 15) is 13.2 Å². The zero-order chi connectivity index (χ0) is 18.5. The summed E-state index contributed by atoms with van der Waals surface area (Å²) in [5, 5.41) is 0.237. The topological polar surface area (TPSA) is 42.2 Å². The number of anilines is 1. The van der Waals surface area contributed by atoms with Gasteiger partial charge in [-0.25, -0.2) is 23.1 Å². The quantitative estimate of drug-likeness (QED) is 0.495. The maximum atomic E-state index is 14.6. The van der Waals surface area contributed by atoms with Gasteiger partial charge in [-0.1, -0.05) is 0 Å². The fourth-order valence-corrected chi connectivity index (χ4v) is 3.66. The van der Waals surface area contributed by atoms with Crippen LogP contribution in [0.1, 0.15) is 12.8 Å². The number of halogens is 3. The lowest BCUT2D eigenvalue weighted by Gasteiger charge is -2.19. The number of nitrogens with zero attached hydrogens (tertiary/aromatic N) is 3. The van der Waals surface area contributed by atoms with E-state index in [2.05, 4.69) is 9.97 Å². The van der Waals surface area contributed by atoms with Crippen LogP contribution in [0.4, 0.5) is 18.9 Å². The molecule has 2 aromatic heterocycles. The van der Waals surface area contributed by atoms with Gasteiger partial charge in [0.2, 0.25) is 0 Å². The van der Waals surface area contributed by atoms with Gasteiger partial charge in [0.1, 0.15) is 40.7 Å². The molecule has 7 heteroatoms. The van der Waals surface area contributed by atoms with Crippen LogP contribution in [0.15, 0.2) is 41.1 Å². The van der Waals surface area contributed by atoms with E-state index in [0.717, 1.165) is 12.8 Å². The summed E-state index contributed by atoms with van der Waals surface area (Å²) in [6.07, 6.45) is 3.15. The minimum Gasteiger partial charge on any atom is -0.454 e. The molecule has 1 saturated heterocycles. The molecule has 4 aromatic rings. The average Bonchev–Trinajstić information content (AvgIpc) is 3.33. The smallest absolute Gasteiger partial charge is 0.165 e. The Kier molecular flexibility index (Phi) is 3.56. The van der Waals surface area contributed by atoms with E-state index >= 15 is 0 Å². The Hall–Kier alpha value is -3.09. The average molecular weight is 369 g/mol. The Morgan fingerprint density at radius 3 is 2.37 bits per heavy atom. The van der Waals surface area contributed by atoms with Crippen molar-refractivity contribution >= 4 is 27.7 Å². The van der Waals surface area contributed by atoms with Crippen LogP contribution in [0.25, 0.3) is 33.3 Å². The molecule has 1 aliphatic rings. The van der Waals surface area contributed by atoms with E-state index in [1.54, 1.807) is 4.90 Å². The van der Waals surface area contributed by atoms with Crippen molar-refractivity contribution in [2.75, 3.05) is 18.0 Å². The zero-order valence-corrected chi connectivity index (χ0v) is 14.2. The van der Waals surface area contributed by atoms with Crippen molar-refractivity contribution in [3.8, 4) is 11.3 Å². The van der Waals surface area contributed by atoms with Crippen molar-refractivity contribution < 1.29 is 17.6 Å². The summed E-state index contributed by atoms with van der Waals surface area (Å²) >= 11 is 0. The Morgan fingerprint density at radius 2 is 1.63 bits per heavy atom. The number of aromatic nitrogens is 2. The van der Waals surface area contributed by atoms with Crippen molar-refractivity contribution in [2.45, 2.75) is 12.8 Å². The standard InChI is InChI=1S/C20H14F3N3O/c21-13-9-16-18(25-10-24-16)20-12(13)3-4-17(27-20)11-7-14(22)19(15(23)8-11)26-5-1-2-6-26/h3-4,7-10H,1-2,5-6H2. The number of imidazole rings is 1. The largest absolute Gasteiger partial charge is 0.454 e. The van der Waals surface area contributed by atoms with Crippen LogP contribution in [0.3, 0.4) is 0 Å². The Bertz CT molecular complexity index is 1160. The van der Waals surface area contributed by atoms with Gasteiger partial charge >= 0.3 is 0 Å². The van der Waals surface area contributed by atoms with E-state index in [1.807, 2.05) is 0 Å². The summed E-state index contributed by atoms with van der Waals surface area (Å²) in [5.74, 6) is -1.54. The van der Waals surface area contributed by atoms with Gasteiger partial charge in [0.25, 0.3) is 0 Å². The summed E-state index contributed by atoms with van der Waals surface area (Å²) in [7, 11) is 0. The summed E-state index contributed by atoms with van der Waals surface area (Å²) in [4.78, 5) is 9.79. The van der Waals surface area contributed by atoms with E-state index in [1.165, 1.54) is 36.7 Å². The minimum atomic E-state index is -0.639. The molecule has 0 N–H and O–H groups in total. The van der Waals surface area contributed by atoms with E-state index in [4.69, 9.17) is 4.42 Å². The minimum absolute atomic E-state index is 0.00706.